The molecule has 0 heterocycles. The van der Waals surface area contributed by atoms with Gasteiger partial charge in [0, 0.05) is 17.3 Å². The molecule has 1 N–H and O–H groups in total. The van der Waals surface area contributed by atoms with Gasteiger partial charge in [0.05, 0.1) is 5.02 Å². The van der Waals surface area contributed by atoms with Crippen LogP contribution in [0.4, 0.5) is 10.1 Å². The summed E-state index contributed by atoms with van der Waals surface area (Å²) in [5.74, 6) is -0.303. The zero-order chi connectivity index (χ0) is 16.8. The summed E-state index contributed by atoms with van der Waals surface area (Å²) >= 11 is 5.91. The van der Waals surface area contributed by atoms with Crippen molar-refractivity contribution in [3.05, 3.63) is 70.5 Å². The first-order valence-corrected chi connectivity index (χ1v) is 7.92. The Bertz CT molecular complexity index is 690. The highest BCUT2D eigenvalue weighted by molar-refractivity contribution is 6.32. The lowest BCUT2D eigenvalue weighted by molar-refractivity contribution is -0.111. The summed E-state index contributed by atoms with van der Waals surface area (Å²) in [4.78, 5) is 11.9. The summed E-state index contributed by atoms with van der Waals surface area (Å²) in [5.41, 5.74) is 2.14. The van der Waals surface area contributed by atoms with E-state index in [4.69, 9.17) is 11.6 Å². The van der Waals surface area contributed by atoms with E-state index in [0.717, 1.165) is 6.42 Å². The topological polar surface area (TPSA) is 29.1 Å². The third-order valence-electron chi connectivity index (χ3n) is 3.76. The van der Waals surface area contributed by atoms with Crippen LogP contribution in [0.3, 0.4) is 0 Å². The average molecular weight is 332 g/mol. The molecule has 0 unspecified atom stereocenters. The number of rotatable bonds is 5. The van der Waals surface area contributed by atoms with Crippen molar-refractivity contribution in [3.63, 3.8) is 0 Å². The lowest BCUT2D eigenvalue weighted by Gasteiger charge is -2.09. The fraction of sp³-hybridized carbons (Fsp3) is 0.211. The van der Waals surface area contributed by atoms with E-state index in [-0.39, 0.29) is 16.5 Å². The Morgan fingerprint density at radius 1 is 1.26 bits per heavy atom. The molecule has 1 amide bonds. The number of hydrogen-bond acceptors (Lipinski definition) is 1. The molecule has 120 valence electrons. The van der Waals surface area contributed by atoms with Crippen molar-refractivity contribution in [3.8, 4) is 0 Å². The third-order valence-corrected chi connectivity index (χ3v) is 4.09. The average Bonchev–Trinajstić information content (AvgIpc) is 2.54. The monoisotopic (exact) mass is 331 g/mol. The molecule has 0 spiro atoms. The zero-order valence-corrected chi connectivity index (χ0v) is 13.9. The molecule has 0 aromatic heterocycles. The van der Waals surface area contributed by atoms with Crippen LogP contribution >= 0.6 is 11.6 Å². The van der Waals surface area contributed by atoms with Crippen LogP contribution < -0.4 is 5.32 Å². The summed E-state index contributed by atoms with van der Waals surface area (Å²) < 4.78 is 13.6. The van der Waals surface area contributed by atoms with E-state index in [9.17, 15) is 9.18 Å². The largest absolute Gasteiger partial charge is 0.323 e. The van der Waals surface area contributed by atoms with Crippen LogP contribution in [0.2, 0.25) is 5.02 Å². The Morgan fingerprint density at radius 3 is 2.57 bits per heavy atom. The normalized spacial score (nSPS) is 12.3. The summed E-state index contributed by atoms with van der Waals surface area (Å²) in [6, 6.07) is 12.1. The molecule has 0 bridgehead atoms. The predicted molar refractivity (Wildman–Crippen MR) is 94.2 cm³/mol. The van der Waals surface area contributed by atoms with Crippen LogP contribution in [0.25, 0.3) is 6.08 Å². The molecular formula is C19H19ClFNO. The highest BCUT2D eigenvalue weighted by Crippen LogP contribution is 2.21. The van der Waals surface area contributed by atoms with Crippen molar-refractivity contribution < 1.29 is 9.18 Å². The van der Waals surface area contributed by atoms with Crippen molar-refractivity contribution >= 4 is 29.3 Å². The van der Waals surface area contributed by atoms with Gasteiger partial charge in [-0.25, -0.2) is 4.39 Å². The third kappa shape index (κ3) is 4.67. The van der Waals surface area contributed by atoms with Crippen LogP contribution in [0.5, 0.6) is 0 Å². The molecule has 0 radical (unpaired) electrons. The molecule has 2 nitrogen and oxygen atoms in total. The van der Waals surface area contributed by atoms with Crippen molar-refractivity contribution in [2.45, 2.75) is 26.2 Å². The lowest BCUT2D eigenvalue weighted by atomic mass is 9.99. The molecular weight excluding hydrogens is 313 g/mol. The maximum Gasteiger partial charge on any atom is 0.248 e. The molecule has 0 saturated heterocycles. The van der Waals surface area contributed by atoms with Crippen molar-refractivity contribution in [2.24, 2.45) is 0 Å². The number of benzene rings is 2. The first-order valence-electron chi connectivity index (χ1n) is 7.54. The van der Waals surface area contributed by atoms with Crippen LogP contribution in [-0.4, -0.2) is 5.91 Å². The molecule has 0 fully saturated rings. The Balaban J connectivity index is 2.03. The van der Waals surface area contributed by atoms with Gasteiger partial charge in [-0.3, -0.25) is 4.79 Å². The van der Waals surface area contributed by atoms with Crippen LogP contribution in [0.15, 0.2) is 48.5 Å². The summed E-state index contributed by atoms with van der Waals surface area (Å²) in [5, 5.41) is 3.01. The number of halogens is 2. The van der Waals surface area contributed by atoms with Crippen molar-refractivity contribution in [1.82, 2.24) is 0 Å². The number of hydrogen-bond donors (Lipinski definition) is 1. The Labute approximate surface area is 141 Å². The maximum absolute atomic E-state index is 13.6. The van der Waals surface area contributed by atoms with Gasteiger partial charge in [0.1, 0.15) is 5.82 Å². The molecule has 2 rings (SSSR count). The first kappa shape index (κ1) is 17.2. The summed E-state index contributed by atoms with van der Waals surface area (Å²) in [6.07, 6.45) is 3.71. The minimum atomic E-state index is -0.459. The Kier molecular flexibility index (Phi) is 5.94. The van der Waals surface area contributed by atoms with E-state index in [2.05, 4.69) is 19.2 Å². The van der Waals surface area contributed by atoms with Gasteiger partial charge in [0.2, 0.25) is 5.91 Å². The fourth-order valence-electron chi connectivity index (χ4n) is 2.14. The van der Waals surface area contributed by atoms with E-state index >= 15 is 0 Å². The number of nitrogens with one attached hydrogen (secondary N) is 1. The zero-order valence-electron chi connectivity index (χ0n) is 13.1. The van der Waals surface area contributed by atoms with E-state index in [0.29, 0.717) is 11.6 Å². The van der Waals surface area contributed by atoms with Gasteiger partial charge in [0.25, 0.3) is 0 Å². The summed E-state index contributed by atoms with van der Waals surface area (Å²) in [7, 11) is 0. The van der Waals surface area contributed by atoms with Gasteiger partial charge < -0.3 is 5.32 Å². The minimum absolute atomic E-state index is 0.205. The standard InChI is InChI=1S/C19H19ClFNO/c1-3-13(2)14-7-9-15(10-8-14)22-19(23)12-11-16-17(20)5-4-6-18(16)21/h4-13H,3H2,1-2H3,(H,22,23)/b12-11+/t13-/m1/s1. The number of carbonyl (C=O) groups is 1. The maximum atomic E-state index is 13.6. The van der Waals surface area contributed by atoms with Gasteiger partial charge >= 0.3 is 0 Å². The molecule has 0 aliphatic carbocycles. The highest BCUT2D eigenvalue weighted by Gasteiger charge is 2.05. The Morgan fingerprint density at radius 2 is 1.96 bits per heavy atom. The molecule has 1 atom stereocenters. The number of amides is 1. The quantitative estimate of drug-likeness (QED) is 0.705. The smallest absolute Gasteiger partial charge is 0.248 e. The van der Waals surface area contributed by atoms with E-state index in [1.165, 1.54) is 29.8 Å². The molecule has 0 saturated carbocycles. The van der Waals surface area contributed by atoms with Gasteiger partial charge in [0.15, 0.2) is 0 Å². The van der Waals surface area contributed by atoms with Crippen LogP contribution in [-0.2, 0) is 4.79 Å². The first-order chi connectivity index (χ1) is 11.0. The van der Waals surface area contributed by atoms with Crippen LogP contribution in [0, 0.1) is 5.82 Å². The van der Waals surface area contributed by atoms with E-state index in [1.54, 1.807) is 6.07 Å². The van der Waals surface area contributed by atoms with Gasteiger partial charge in [-0.05, 0) is 48.2 Å². The van der Waals surface area contributed by atoms with Crippen molar-refractivity contribution in [1.29, 1.82) is 0 Å². The SMILES string of the molecule is CC[C@@H](C)c1ccc(NC(=O)/C=C/c2c(F)cccc2Cl)cc1. The minimum Gasteiger partial charge on any atom is -0.323 e. The predicted octanol–water partition coefficient (Wildman–Crippen LogP) is 5.64. The highest BCUT2D eigenvalue weighted by atomic mass is 35.5. The molecule has 2 aromatic carbocycles. The number of carbonyl (C=O) groups excluding carboxylic acids is 1. The summed E-state index contributed by atoms with van der Waals surface area (Å²) in [6.45, 7) is 4.30. The van der Waals surface area contributed by atoms with E-state index in [1.807, 2.05) is 24.3 Å². The van der Waals surface area contributed by atoms with Gasteiger partial charge in [-0.1, -0.05) is 43.6 Å². The lowest BCUT2D eigenvalue weighted by Crippen LogP contribution is -2.07. The molecule has 23 heavy (non-hydrogen) atoms. The number of anilines is 1. The molecule has 0 aliphatic rings. The van der Waals surface area contributed by atoms with E-state index < -0.39 is 5.82 Å². The fourth-order valence-corrected chi connectivity index (χ4v) is 2.37. The van der Waals surface area contributed by atoms with Crippen molar-refractivity contribution in [2.75, 3.05) is 5.32 Å². The molecule has 0 aliphatic heterocycles. The van der Waals surface area contributed by atoms with Gasteiger partial charge in [-0.2, -0.15) is 0 Å². The van der Waals surface area contributed by atoms with Crippen LogP contribution in [0.1, 0.15) is 37.3 Å². The Hall–Kier alpha value is -2.13. The second kappa shape index (κ2) is 7.93. The second-order valence-corrected chi connectivity index (χ2v) is 5.80. The molecule has 4 heteroatoms. The molecule has 2 aromatic rings. The van der Waals surface area contributed by atoms with Gasteiger partial charge in [-0.15, -0.1) is 0 Å². The second-order valence-electron chi connectivity index (χ2n) is 5.39.